The number of nitrogens with one attached hydrogen (secondary N) is 1. The summed E-state index contributed by atoms with van der Waals surface area (Å²) < 4.78 is 16.4. The SMILES string of the molecule is CCCCOc1ccc(/C=C(/C#N)C(=O)Nc2scc(-c3ccc(Cl)cc3)c2C(=O)OCC)cc1OC. The molecule has 0 unspecified atom stereocenters. The summed E-state index contributed by atoms with van der Waals surface area (Å²) in [5, 5.41) is 15.0. The van der Waals surface area contributed by atoms with E-state index in [0.717, 1.165) is 18.4 Å². The molecule has 0 spiro atoms. The lowest BCUT2D eigenvalue weighted by Gasteiger charge is -2.11. The van der Waals surface area contributed by atoms with Gasteiger partial charge in [0, 0.05) is 16.0 Å². The topological polar surface area (TPSA) is 97.7 Å². The van der Waals surface area contributed by atoms with Crippen molar-refractivity contribution in [2.24, 2.45) is 0 Å². The molecule has 0 radical (unpaired) electrons. The second-order valence-corrected chi connectivity index (χ2v) is 9.13. The van der Waals surface area contributed by atoms with Gasteiger partial charge in [-0.3, -0.25) is 4.79 Å². The summed E-state index contributed by atoms with van der Waals surface area (Å²) in [6.07, 6.45) is 3.37. The Labute approximate surface area is 225 Å². The molecular formula is C28H27ClN2O5S. The number of unbranched alkanes of at least 4 members (excludes halogenated alkanes) is 1. The maximum absolute atomic E-state index is 13.0. The van der Waals surface area contributed by atoms with Gasteiger partial charge in [0.25, 0.3) is 5.91 Å². The standard InChI is InChI=1S/C28H27ClN2O5S/c1-4-6-13-36-23-12-7-18(15-24(23)34-3)14-20(16-30)26(32)31-27-25(28(33)35-5-2)22(17-37-27)19-8-10-21(29)11-9-19/h7-12,14-15,17H,4-6,13H2,1-3H3,(H,31,32)/b20-14-. The van der Waals surface area contributed by atoms with Gasteiger partial charge in [-0.15, -0.1) is 11.3 Å². The zero-order valence-corrected chi connectivity index (χ0v) is 22.4. The minimum atomic E-state index is -0.653. The molecule has 192 valence electrons. The first-order chi connectivity index (χ1) is 17.9. The molecule has 1 N–H and O–H groups in total. The molecule has 0 aliphatic carbocycles. The largest absolute Gasteiger partial charge is 0.493 e. The van der Waals surface area contributed by atoms with Crippen LogP contribution >= 0.6 is 22.9 Å². The molecule has 0 saturated heterocycles. The molecule has 0 aliphatic heterocycles. The van der Waals surface area contributed by atoms with E-state index in [1.807, 2.05) is 6.07 Å². The maximum Gasteiger partial charge on any atom is 0.341 e. The van der Waals surface area contributed by atoms with Crippen LogP contribution in [0.3, 0.4) is 0 Å². The molecule has 0 aliphatic rings. The Bertz CT molecular complexity index is 1330. The lowest BCUT2D eigenvalue weighted by Crippen LogP contribution is -2.16. The number of methoxy groups -OCH3 is 1. The highest BCUT2D eigenvalue weighted by atomic mass is 35.5. The van der Waals surface area contributed by atoms with Crippen molar-refractivity contribution < 1.29 is 23.8 Å². The van der Waals surface area contributed by atoms with E-state index in [9.17, 15) is 14.9 Å². The normalized spacial score (nSPS) is 10.9. The monoisotopic (exact) mass is 538 g/mol. The molecule has 1 aromatic heterocycles. The van der Waals surface area contributed by atoms with Crippen molar-refractivity contribution in [3.8, 4) is 28.7 Å². The van der Waals surface area contributed by atoms with E-state index in [0.29, 0.717) is 34.3 Å². The Hall–Kier alpha value is -3.80. The molecule has 1 amide bonds. The van der Waals surface area contributed by atoms with Crippen LogP contribution in [0, 0.1) is 11.3 Å². The van der Waals surface area contributed by atoms with Gasteiger partial charge in [0.15, 0.2) is 11.5 Å². The third-order valence-electron chi connectivity index (χ3n) is 5.27. The van der Waals surface area contributed by atoms with E-state index in [1.165, 1.54) is 24.5 Å². The smallest absolute Gasteiger partial charge is 0.341 e. The molecule has 2 aromatic carbocycles. The number of esters is 1. The van der Waals surface area contributed by atoms with Gasteiger partial charge in [-0.2, -0.15) is 5.26 Å². The van der Waals surface area contributed by atoms with Crippen molar-refractivity contribution in [3.63, 3.8) is 0 Å². The number of hydrogen-bond donors (Lipinski definition) is 1. The van der Waals surface area contributed by atoms with Crippen molar-refractivity contribution >= 4 is 45.9 Å². The molecular weight excluding hydrogens is 512 g/mol. The minimum Gasteiger partial charge on any atom is -0.493 e. The van der Waals surface area contributed by atoms with Crippen molar-refractivity contribution in [2.45, 2.75) is 26.7 Å². The number of halogens is 1. The second-order valence-electron chi connectivity index (χ2n) is 7.82. The van der Waals surface area contributed by atoms with Crippen LogP contribution in [-0.2, 0) is 9.53 Å². The molecule has 1 heterocycles. The van der Waals surface area contributed by atoms with Gasteiger partial charge >= 0.3 is 5.97 Å². The fourth-order valence-corrected chi connectivity index (χ4v) is 4.48. The van der Waals surface area contributed by atoms with Gasteiger partial charge in [-0.05, 0) is 54.8 Å². The highest BCUT2D eigenvalue weighted by Gasteiger charge is 2.24. The predicted octanol–water partition coefficient (Wildman–Crippen LogP) is 6.98. The average Bonchev–Trinajstić information content (AvgIpc) is 3.31. The Balaban J connectivity index is 1.89. The number of nitrogens with zero attached hydrogens (tertiary/aromatic N) is 1. The summed E-state index contributed by atoms with van der Waals surface area (Å²) in [6.45, 7) is 4.52. The highest BCUT2D eigenvalue weighted by Crippen LogP contribution is 2.37. The van der Waals surface area contributed by atoms with Crippen LogP contribution in [0.2, 0.25) is 5.02 Å². The summed E-state index contributed by atoms with van der Waals surface area (Å²) in [6, 6.07) is 14.1. The van der Waals surface area contributed by atoms with Crippen LogP contribution in [0.1, 0.15) is 42.6 Å². The van der Waals surface area contributed by atoms with E-state index in [1.54, 1.807) is 54.8 Å². The number of benzene rings is 2. The molecule has 0 bridgehead atoms. The summed E-state index contributed by atoms with van der Waals surface area (Å²) in [4.78, 5) is 25.8. The number of nitriles is 1. The number of carbonyl (C=O) groups excluding carboxylic acids is 2. The molecule has 7 nitrogen and oxygen atoms in total. The zero-order valence-electron chi connectivity index (χ0n) is 20.8. The third-order valence-corrected chi connectivity index (χ3v) is 6.42. The predicted molar refractivity (Wildman–Crippen MR) is 146 cm³/mol. The summed E-state index contributed by atoms with van der Waals surface area (Å²) >= 11 is 7.17. The average molecular weight is 539 g/mol. The quantitative estimate of drug-likeness (QED) is 0.122. The van der Waals surface area contributed by atoms with E-state index in [-0.39, 0.29) is 22.7 Å². The van der Waals surface area contributed by atoms with E-state index in [4.69, 9.17) is 25.8 Å². The van der Waals surface area contributed by atoms with Gasteiger partial charge in [0.2, 0.25) is 0 Å². The van der Waals surface area contributed by atoms with Gasteiger partial charge in [0.1, 0.15) is 22.2 Å². The van der Waals surface area contributed by atoms with Gasteiger partial charge in [-0.25, -0.2) is 4.79 Å². The number of hydrogen-bond acceptors (Lipinski definition) is 7. The van der Waals surface area contributed by atoms with E-state index < -0.39 is 11.9 Å². The fraction of sp³-hybridized carbons (Fsp3) is 0.250. The first-order valence-electron chi connectivity index (χ1n) is 11.7. The highest BCUT2D eigenvalue weighted by molar-refractivity contribution is 7.15. The summed E-state index contributed by atoms with van der Waals surface area (Å²) in [5.41, 5.74) is 2.01. The lowest BCUT2D eigenvalue weighted by molar-refractivity contribution is -0.112. The van der Waals surface area contributed by atoms with E-state index in [2.05, 4.69) is 12.2 Å². The minimum absolute atomic E-state index is 0.141. The summed E-state index contributed by atoms with van der Waals surface area (Å²) in [5.74, 6) is -0.142. The molecule has 3 rings (SSSR count). The van der Waals surface area contributed by atoms with E-state index >= 15 is 0 Å². The first-order valence-corrected chi connectivity index (χ1v) is 13.0. The van der Waals surface area contributed by atoms with Gasteiger partial charge < -0.3 is 19.5 Å². The van der Waals surface area contributed by atoms with Crippen LogP contribution < -0.4 is 14.8 Å². The Kier molecular flexibility index (Phi) is 10.1. The Morgan fingerprint density at radius 2 is 1.89 bits per heavy atom. The van der Waals surface area contributed by atoms with Crippen LogP contribution in [0.15, 0.2) is 53.4 Å². The number of ether oxygens (including phenoxy) is 3. The van der Waals surface area contributed by atoms with Gasteiger partial charge in [0.05, 0.1) is 20.3 Å². The molecule has 0 atom stereocenters. The number of thiophene rings is 1. The number of amides is 1. The lowest BCUT2D eigenvalue weighted by atomic mass is 10.0. The van der Waals surface area contributed by atoms with Crippen LogP contribution in [-0.4, -0.2) is 32.2 Å². The third kappa shape index (κ3) is 7.13. The number of anilines is 1. The van der Waals surface area contributed by atoms with Crippen LogP contribution in [0.5, 0.6) is 11.5 Å². The van der Waals surface area contributed by atoms with Crippen molar-refractivity contribution in [1.29, 1.82) is 5.26 Å². The fourth-order valence-electron chi connectivity index (χ4n) is 3.40. The first kappa shape index (κ1) is 27.8. The zero-order chi connectivity index (χ0) is 26.8. The molecule has 37 heavy (non-hydrogen) atoms. The van der Waals surface area contributed by atoms with Crippen molar-refractivity contribution in [1.82, 2.24) is 0 Å². The molecule has 3 aromatic rings. The Morgan fingerprint density at radius 1 is 1.14 bits per heavy atom. The maximum atomic E-state index is 13.0. The Morgan fingerprint density at radius 3 is 2.54 bits per heavy atom. The van der Waals surface area contributed by atoms with Crippen molar-refractivity contribution in [2.75, 3.05) is 25.6 Å². The van der Waals surface area contributed by atoms with Crippen LogP contribution in [0.4, 0.5) is 5.00 Å². The molecule has 0 fully saturated rings. The number of carbonyl (C=O) groups is 2. The van der Waals surface area contributed by atoms with Crippen molar-refractivity contribution in [3.05, 3.63) is 69.6 Å². The molecule has 0 saturated carbocycles. The van der Waals surface area contributed by atoms with Crippen LogP contribution in [0.25, 0.3) is 17.2 Å². The molecule has 9 heteroatoms. The number of rotatable bonds is 11. The second kappa shape index (κ2) is 13.5. The van der Waals surface area contributed by atoms with Gasteiger partial charge in [-0.1, -0.05) is 43.1 Å². The summed E-state index contributed by atoms with van der Waals surface area (Å²) in [7, 11) is 1.53.